The van der Waals surface area contributed by atoms with Gasteiger partial charge < -0.3 is 9.26 Å². The summed E-state index contributed by atoms with van der Waals surface area (Å²) in [7, 11) is 1.58. The zero-order valence-electron chi connectivity index (χ0n) is 11.1. The smallest absolute Gasteiger partial charge is 0.254 e. The van der Waals surface area contributed by atoms with Crippen molar-refractivity contribution in [3.63, 3.8) is 0 Å². The van der Waals surface area contributed by atoms with Gasteiger partial charge in [-0.05, 0) is 40.5 Å². The number of likely N-dealkylation sites (tertiary alicyclic amines) is 1. The van der Waals surface area contributed by atoms with E-state index in [1.807, 2.05) is 6.07 Å². The molecule has 0 spiro atoms. The van der Waals surface area contributed by atoms with Crippen molar-refractivity contribution >= 4 is 15.9 Å². The SMILES string of the molecule is COc1cc(CN2CCCC2c2ncc(Br)cn2)on1. The lowest BCUT2D eigenvalue weighted by Gasteiger charge is -2.21. The van der Waals surface area contributed by atoms with E-state index in [0.717, 1.165) is 35.4 Å². The standard InChI is InChI=1S/C13H15BrN4O2/c1-19-12-5-10(20-17-12)8-18-4-2-3-11(18)13-15-6-9(14)7-16-13/h5-7,11H,2-4,8H2,1H3. The van der Waals surface area contributed by atoms with Gasteiger partial charge >= 0.3 is 0 Å². The molecule has 6 nitrogen and oxygen atoms in total. The van der Waals surface area contributed by atoms with E-state index in [1.165, 1.54) is 0 Å². The maximum atomic E-state index is 5.26. The minimum atomic E-state index is 0.235. The topological polar surface area (TPSA) is 64.3 Å². The summed E-state index contributed by atoms with van der Waals surface area (Å²) in [6.45, 7) is 1.70. The number of hydrogen-bond donors (Lipinski definition) is 0. The highest BCUT2D eigenvalue weighted by Gasteiger charge is 2.29. The first-order valence-electron chi connectivity index (χ1n) is 6.47. The van der Waals surface area contributed by atoms with Gasteiger partial charge in [-0.1, -0.05) is 0 Å². The molecule has 3 heterocycles. The predicted octanol–water partition coefficient (Wildman–Crippen LogP) is 2.57. The van der Waals surface area contributed by atoms with Crippen molar-refractivity contribution in [1.82, 2.24) is 20.0 Å². The maximum absolute atomic E-state index is 5.26. The lowest BCUT2D eigenvalue weighted by atomic mass is 10.2. The van der Waals surface area contributed by atoms with Gasteiger partial charge in [-0.3, -0.25) is 4.90 Å². The molecule has 1 fully saturated rings. The van der Waals surface area contributed by atoms with Gasteiger partial charge in [0.05, 0.1) is 24.2 Å². The molecule has 106 valence electrons. The quantitative estimate of drug-likeness (QED) is 0.853. The molecule has 7 heteroatoms. The molecular formula is C13H15BrN4O2. The highest BCUT2D eigenvalue weighted by molar-refractivity contribution is 9.10. The molecule has 3 rings (SSSR count). The fraction of sp³-hybridized carbons (Fsp3) is 0.462. The Bertz CT molecular complexity index is 572. The zero-order chi connectivity index (χ0) is 13.9. The first-order valence-corrected chi connectivity index (χ1v) is 7.26. The number of ether oxygens (including phenoxy) is 1. The molecule has 2 aromatic rings. The van der Waals surface area contributed by atoms with Gasteiger partial charge in [-0.15, -0.1) is 0 Å². The number of hydrogen-bond acceptors (Lipinski definition) is 6. The van der Waals surface area contributed by atoms with Crippen LogP contribution in [0.2, 0.25) is 0 Å². The van der Waals surface area contributed by atoms with E-state index in [0.29, 0.717) is 12.4 Å². The maximum Gasteiger partial charge on any atom is 0.254 e. The van der Waals surface area contributed by atoms with Crippen molar-refractivity contribution in [1.29, 1.82) is 0 Å². The normalized spacial score (nSPS) is 19.4. The third-order valence-corrected chi connectivity index (χ3v) is 3.82. The second kappa shape index (κ2) is 5.88. The highest BCUT2D eigenvalue weighted by Crippen LogP contribution is 2.31. The Morgan fingerprint density at radius 2 is 2.25 bits per heavy atom. The summed E-state index contributed by atoms with van der Waals surface area (Å²) in [5, 5.41) is 3.82. The Hall–Kier alpha value is -1.47. The van der Waals surface area contributed by atoms with Gasteiger partial charge in [0.2, 0.25) is 0 Å². The molecule has 1 aliphatic rings. The molecule has 0 bridgehead atoms. The van der Waals surface area contributed by atoms with E-state index in [2.05, 4.69) is 36.0 Å². The van der Waals surface area contributed by atoms with E-state index in [9.17, 15) is 0 Å². The largest absolute Gasteiger partial charge is 0.479 e. The average molecular weight is 339 g/mol. The van der Waals surface area contributed by atoms with Crippen molar-refractivity contribution in [3.05, 3.63) is 34.5 Å². The van der Waals surface area contributed by atoms with Crippen LogP contribution in [0.15, 0.2) is 27.5 Å². The molecule has 2 aromatic heterocycles. The minimum absolute atomic E-state index is 0.235. The monoisotopic (exact) mass is 338 g/mol. The lowest BCUT2D eigenvalue weighted by Crippen LogP contribution is -2.24. The molecule has 0 amide bonds. The van der Waals surface area contributed by atoms with Crippen LogP contribution in [0.1, 0.15) is 30.5 Å². The summed E-state index contributed by atoms with van der Waals surface area (Å²) >= 11 is 3.36. The summed E-state index contributed by atoms with van der Waals surface area (Å²) in [4.78, 5) is 11.1. The van der Waals surface area contributed by atoms with Gasteiger partial charge in [0, 0.05) is 18.5 Å². The zero-order valence-corrected chi connectivity index (χ0v) is 12.7. The molecule has 1 saturated heterocycles. The van der Waals surface area contributed by atoms with E-state index < -0.39 is 0 Å². The highest BCUT2D eigenvalue weighted by atomic mass is 79.9. The van der Waals surface area contributed by atoms with E-state index >= 15 is 0 Å². The fourth-order valence-corrected chi connectivity index (χ4v) is 2.67. The Labute approximate surface area is 125 Å². The second-order valence-electron chi connectivity index (χ2n) is 4.72. The van der Waals surface area contributed by atoms with Gasteiger partial charge in [0.25, 0.3) is 5.88 Å². The number of rotatable bonds is 4. The molecule has 0 aliphatic carbocycles. The van der Waals surface area contributed by atoms with Crippen LogP contribution in [-0.2, 0) is 6.54 Å². The summed E-state index contributed by atoms with van der Waals surface area (Å²) in [6, 6.07) is 2.05. The predicted molar refractivity (Wildman–Crippen MR) is 75.2 cm³/mol. The summed E-state index contributed by atoms with van der Waals surface area (Å²) in [5.41, 5.74) is 0. The molecule has 1 atom stereocenters. The van der Waals surface area contributed by atoms with Gasteiger partial charge in [0.1, 0.15) is 5.82 Å². The van der Waals surface area contributed by atoms with Crippen molar-refractivity contribution in [2.24, 2.45) is 0 Å². The van der Waals surface area contributed by atoms with Gasteiger partial charge in [0.15, 0.2) is 5.76 Å². The Balaban J connectivity index is 1.73. The lowest BCUT2D eigenvalue weighted by molar-refractivity contribution is 0.209. The van der Waals surface area contributed by atoms with Crippen LogP contribution in [-0.4, -0.2) is 33.7 Å². The molecule has 0 saturated carbocycles. The molecule has 0 aromatic carbocycles. The van der Waals surface area contributed by atoms with Crippen molar-refractivity contribution < 1.29 is 9.26 Å². The van der Waals surface area contributed by atoms with Crippen molar-refractivity contribution in [2.75, 3.05) is 13.7 Å². The van der Waals surface area contributed by atoms with Crippen LogP contribution in [0.4, 0.5) is 0 Å². The molecule has 0 N–H and O–H groups in total. The van der Waals surface area contributed by atoms with Gasteiger partial charge in [-0.25, -0.2) is 9.97 Å². The number of nitrogens with zero attached hydrogens (tertiary/aromatic N) is 4. The molecule has 20 heavy (non-hydrogen) atoms. The fourth-order valence-electron chi connectivity index (χ4n) is 2.47. The first kappa shape index (κ1) is 13.5. The molecular weight excluding hydrogens is 324 g/mol. The number of halogens is 1. The summed E-state index contributed by atoms with van der Waals surface area (Å²) < 4.78 is 11.2. The van der Waals surface area contributed by atoms with Crippen LogP contribution in [0, 0.1) is 0 Å². The molecule has 1 aliphatic heterocycles. The van der Waals surface area contributed by atoms with Crippen LogP contribution in [0.3, 0.4) is 0 Å². The number of aromatic nitrogens is 3. The van der Waals surface area contributed by atoms with E-state index in [1.54, 1.807) is 19.5 Å². The summed E-state index contributed by atoms with van der Waals surface area (Å²) in [5.74, 6) is 2.17. The van der Waals surface area contributed by atoms with E-state index in [4.69, 9.17) is 9.26 Å². The van der Waals surface area contributed by atoms with Crippen molar-refractivity contribution in [3.8, 4) is 5.88 Å². The van der Waals surface area contributed by atoms with Crippen LogP contribution in [0.5, 0.6) is 5.88 Å². The molecule has 1 unspecified atom stereocenters. The Morgan fingerprint density at radius 1 is 1.45 bits per heavy atom. The van der Waals surface area contributed by atoms with Crippen LogP contribution < -0.4 is 4.74 Å². The third-order valence-electron chi connectivity index (χ3n) is 3.41. The van der Waals surface area contributed by atoms with Crippen molar-refractivity contribution in [2.45, 2.75) is 25.4 Å². The van der Waals surface area contributed by atoms with Crippen LogP contribution in [0.25, 0.3) is 0 Å². The second-order valence-corrected chi connectivity index (χ2v) is 5.64. The minimum Gasteiger partial charge on any atom is -0.479 e. The third kappa shape index (κ3) is 2.83. The Morgan fingerprint density at radius 3 is 2.95 bits per heavy atom. The average Bonchev–Trinajstić information content (AvgIpc) is 3.09. The number of methoxy groups -OCH3 is 1. The van der Waals surface area contributed by atoms with Gasteiger partial charge in [-0.2, -0.15) is 0 Å². The summed E-state index contributed by atoms with van der Waals surface area (Å²) in [6.07, 6.45) is 5.77. The van der Waals surface area contributed by atoms with Crippen LogP contribution >= 0.6 is 15.9 Å². The Kier molecular flexibility index (Phi) is 3.98. The van der Waals surface area contributed by atoms with E-state index in [-0.39, 0.29) is 6.04 Å². The first-order chi connectivity index (χ1) is 9.76. The molecule has 0 radical (unpaired) electrons.